The van der Waals surface area contributed by atoms with Gasteiger partial charge in [-0.1, -0.05) is 0 Å². The minimum Gasteiger partial charge on any atom is -1.00 e. The van der Waals surface area contributed by atoms with E-state index in [1.54, 1.807) is 0 Å². The quantitative estimate of drug-likeness (QED) is 0.329. The summed E-state index contributed by atoms with van der Waals surface area (Å²) in [5.41, 5.74) is 0. The van der Waals surface area contributed by atoms with Gasteiger partial charge in [0.1, 0.15) is 0 Å². The zero-order valence-corrected chi connectivity index (χ0v) is 16.3. The Bertz CT molecular complexity index is 256. The molecule has 7 heteroatoms. The summed E-state index contributed by atoms with van der Waals surface area (Å²) in [5, 5.41) is 0. The van der Waals surface area contributed by atoms with Crippen molar-refractivity contribution < 1.29 is 42.1 Å². The Morgan fingerprint density at radius 2 is 1.44 bits per heavy atom. The molecule has 0 aromatic heterocycles. The lowest BCUT2D eigenvalue weighted by Crippen LogP contribution is -3.00. The molecule has 0 atom stereocenters. The van der Waals surface area contributed by atoms with Crippen LogP contribution in [0.5, 0.6) is 0 Å². The van der Waals surface area contributed by atoms with E-state index in [0.717, 1.165) is 16.8 Å². The molecule has 0 aliphatic carbocycles. The van der Waals surface area contributed by atoms with Crippen LogP contribution in [-0.2, 0) is 13.6 Å². The van der Waals surface area contributed by atoms with Crippen molar-refractivity contribution in [3.8, 4) is 0 Å². The highest BCUT2D eigenvalue weighted by molar-refractivity contribution is 8.55. The first-order valence-electron chi connectivity index (χ1n) is 5.96. The predicted molar refractivity (Wildman–Crippen MR) is 75.4 cm³/mol. The standard InChI is InChI=1S/C11H27NO3PS.HI/c1-10(2)14-16(13,15-11(3)4)17-9-8-12(5,6)7;/h10-11H,8-9H2,1-7H3;1H/q+1;/p-1. The summed E-state index contributed by atoms with van der Waals surface area (Å²) < 4.78 is 24.2. The van der Waals surface area contributed by atoms with E-state index < -0.39 is 6.80 Å². The van der Waals surface area contributed by atoms with Crippen LogP contribution in [0, 0.1) is 0 Å². The summed E-state index contributed by atoms with van der Waals surface area (Å²) in [6.07, 6.45) is -0.174. The largest absolute Gasteiger partial charge is 1.00 e. The zero-order valence-electron chi connectivity index (χ0n) is 12.5. The van der Waals surface area contributed by atoms with Crippen molar-refractivity contribution in [3.63, 3.8) is 0 Å². The molecule has 0 spiro atoms. The maximum absolute atomic E-state index is 12.4. The van der Waals surface area contributed by atoms with Crippen LogP contribution in [0.15, 0.2) is 0 Å². The highest BCUT2D eigenvalue weighted by Gasteiger charge is 2.29. The van der Waals surface area contributed by atoms with Crippen molar-refractivity contribution in [3.05, 3.63) is 0 Å². The van der Waals surface area contributed by atoms with E-state index in [2.05, 4.69) is 21.1 Å². The van der Waals surface area contributed by atoms with Crippen LogP contribution in [0.25, 0.3) is 0 Å². The van der Waals surface area contributed by atoms with Gasteiger partial charge < -0.3 is 28.5 Å². The Morgan fingerprint density at radius 1 is 1.06 bits per heavy atom. The maximum atomic E-state index is 12.4. The minimum absolute atomic E-state index is 0. The summed E-state index contributed by atoms with van der Waals surface area (Å²) in [7, 11) is 6.33. The molecule has 0 saturated heterocycles. The third kappa shape index (κ3) is 12.2. The third-order valence-corrected chi connectivity index (χ3v) is 5.75. The van der Waals surface area contributed by atoms with Gasteiger partial charge in [0.05, 0.1) is 45.6 Å². The lowest BCUT2D eigenvalue weighted by Gasteiger charge is -2.26. The summed E-state index contributed by atoms with van der Waals surface area (Å²) in [6, 6.07) is 0. The first kappa shape index (κ1) is 21.5. The SMILES string of the molecule is CC(C)OP(=O)(OC(C)C)SCC[N+](C)(C)C.[I-]. The van der Waals surface area contributed by atoms with Crippen LogP contribution in [0.2, 0.25) is 0 Å². The van der Waals surface area contributed by atoms with Crippen molar-refractivity contribution in [1.29, 1.82) is 0 Å². The smallest absolute Gasteiger partial charge is 0.389 e. The number of hydrogen-bond donors (Lipinski definition) is 0. The van der Waals surface area contributed by atoms with Gasteiger partial charge in [-0.25, -0.2) is 4.57 Å². The second kappa shape index (κ2) is 9.19. The average molecular weight is 411 g/mol. The Balaban J connectivity index is 0. The van der Waals surface area contributed by atoms with Gasteiger partial charge in [0.25, 0.3) is 0 Å². The van der Waals surface area contributed by atoms with Gasteiger partial charge in [-0.05, 0) is 39.1 Å². The van der Waals surface area contributed by atoms with Crippen molar-refractivity contribution in [2.45, 2.75) is 39.9 Å². The van der Waals surface area contributed by atoms with Crippen LogP contribution < -0.4 is 24.0 Å². The second-order valence-corrected chi connectivity index (χ2v) is 9.70. The minimum atomic E-state index is -3.01. The Kier molecular flexibility index (Phi) is 11.0. The fourth-order valence-corrected chi connectivity index (χ4v) is 5.40. The molecule has 0 bridgehead atoms. The number of quaternary nitrogens is 1. The average Bonchev–Trinajstić information content (AvgIpc) is 1.95. The van der Waals surface area contributed by atoms with Gasteiger partial charge in [-0.2, -0.15) is 0 Å². The van der Waals surface area contributed by atoms with Crippen molar-refractivity contribution in [1.82, 2.24) is 0 Å². The maximum Gasteiger partial charge on any atom is 0.389 e. The molecule has 0 saturated carbocycles. The fourth-order valence-electron chi connectivity index (χ4n) is 1.03. The molecule has 0 aromatic rings. The van der Waals surface area contributed by atoms with Crippen molar-refractivity contribution in [2.75, 3.05) is 33.4 Å². The number of rotatable bonds is 8. The summed E-state index contributed by atoms with van der Waals surface area (Å²) >= 11 is 1.30. The third-order valence-electron chi connectivity index (χ3n) is 1.69. The van der Waals surface area contributed by atoms with Gasteiger partial charge >= 0.3 is 6.80 Å². The number of hydrogen-bond acceptors (Lipinski definition) is 4. The molecule has 112 valence electrons. The van der Waals surface area contributed by atoms with Crippen molar-refractivity contribution in [2.24, 2.45) is 0 Å². The van der Waals surface area contributed by atoms with E-state index in [1.807, 2.05) is 27.7 Å². The zero-order chi connectivity index (χ0) is 13.7. The predicted octanol–water partition coefficient (Wildman–Crippen LogP) is 0.388. The van der Waals surface area contributed by atoms with Gasteiger partial charge in [0.15, 0.2) is 0 Å². The van der Waals surface area contributed by atoms with Crippen LogP contribution >= 0.6 is 18.2 Å². The van der Waals surface area contributed by atoms with E-state index in [-0.39, 0.29) is 36.2 Å². The van der Waals surface area contributed by atoms with E-state index >= 15 is 0 Å². The monoisotopic (exact) mass is 411 g/mol. The Labute approximate surface area is 133 Å². The summed E-state index contributed by atoms with van der Waals surface area (Å²) in [5.74, 6) is 0.764. The van der Waals surface area contributed by atoms with Crippen LogP contribution in [0.1, 0.15) is 27.7 Å². The van der Waals surface area contributed by atoms with E-state index in [9.17, 15) is 4.57 Å². The summed E-state index contributed by atoms with van der Waals surface area (Å²) in [4.78, 5) is 0. The highest BCUT2D eigenvalue weighted by atomic mass is 127. The molecule has 0 aliphatic heterocycles. The second-order valence-electron chi connectivity index (χ2n) is 5.60. The van der Waals surface area contributed by atoms with Gasteiger partial charge in [0.2, 0.25) is 0 Å². The molecule has 0 unspecified atom stereocenters. The Hall–Kier alpha value is 1.19. The van der Waals surface area contributed by atoms with Gasteiger partial charge in [-0.15, -0.1) is 0 Å². The fraction of sp³-hybridized carbons (Fsp3) is 1.00. The number of nitrogens with zero attached hydrogens (tertiary/aromatic N) is 1. The summed E-state index contributed by atoms with van der Waals surface area (Å²) in [6.45, 7) is 5.40. The molecule has 0 amide bonds. The van der Waals surface area contributed by atoms with E-state index in [1.165, 1.54) is 11.4 Å². The normalized spacial score (nSPS) is 12.9. The first-order chi connectivity index (χ1) is 7.54. The van der Waals surface area contributed by atoms with E-state index in [4.69, 9.17) is 9.05 Å². The van der Waals surface area contributed by atoms with Gasteiger partial charge in [-0.3, -0.25) is 9.05 Å². The molecule has 0 aromatic carbocycles. The molecule has 0 radical (unpaired) electrons. The topological polar surface area (TPSA) is 35.5 Å². The molecule has 0 rings (SSSR count). The molecule has 0 fully saturated rings. The molecule has 18 heavy (non-hydrogen) atoms. The Morgan fingerprint density at radius 3 is 1.72 bits per heavy atom. The molecular weight excluding hydrogens is 384 g/mol. The van der Waals surface area contributed by atoms with Gasteiger partial charge in [0, 0.05) is 0 Å². The molecular formula is C11H27INO3PS. The van der Waals surface area contributed by atoms with Crippen LogP contribution in [0.4, 0.5) is 0 Å². The molecule has 0 N–H and O–H groups in total. The molecule has 0 aliphatic rings. The van der Waals surface area contributed by atoms with Crippen molar-refractivity contribution >= 4 is 18.2 Å². The highest BCUT2D eigenvalue weighted by Crippen LogP contribution is 2.62. The first-order valence-corrected chi connectivity index (χ1v) is 9.09. The van der Waals surface area contributed by atoms with Crippen LogP contribution in [-0.4, -0.2) is 50.1 Å². The lowest BCUT2D eigenvalue weighted by atomic mass is 10.5. The molecule has 0 heterocycles. The van der Waals surface area contributed by atoms with Crippen LogP contribution in [0.3, 0.4) is 0 Å². The van der Waals surface area contributed by atoms with E-state index in [0.29, 0.717) is 0 Å². The molecule has 4 nitrogen and oxygen atoms in total. The number of halogens is 1. The lowest BCUT2D eigenvalue weighted by molar-refractivity contribution is -0.867.